The first-order valence-corrected chi connectivity index (χ1v) is 6.37. The molecule has 1 aromatic carbocycles. The van der Waals surface area contributed by atoms with Gasteiger partial charge in [0.15, 0.2) is 0 Å². The summed E-state index contributed by atoms with van der Waals surface area (Å²) in [5, 5.41) is 13.3. The molecule has 2 aromatic rings. The van der Waals surface area contributed by atoms with E-state index in [0.29, 0.717) is 24.7 Å². The first kappa shape index (κ1) is 13.7. The van der Waals surface area contributed by atoms with Crippen LogP contribution in [0.15, 0.2) is 34.9 Å². The fourth-order valence-electron chi connectivity index (χ4n) is 1.82. The van der Waals surface area contributed by atoms with Crippen LogP contribution in [0.3, 0.4) is 0 Å². The van der Waals surface area contributed by atoms with Gasteiger partial charge in [-0.1, -0.05) is 35.5 Å². The number of rotatable bonds is 6. The molecule has 0 spiro atoms. The highest BCUT2D eigenvalue weighted by molar-refractivity contribution is 5.22. The van der Waals surface area contributed by atoms with Crippen molar-refractivity contribution in [2.24, 2.45) is 0 Å². The van der Waals surface area contributed by atoms with Crippen molar-refractivity contribution in [3.05, 3.63) is 47.6 Å². The van der Waals surface area contributed by atoms with Crippen molar-refractivity contribution in [3.8, 4) is 0 Å². The largest absolute Gasteiger partial charge is 0.393 e. The molecule has 1 aromatic heterocycles. The Morgan fingerprint density at radius 1 is 1.32 bits per heavy atom. The average molecular weight is 262 g/mol. The van der Waals surface area contributed by atoms with Crippen molar-refractivity contribution in [1.29, 1.82) is 0 Å². The topological polar surface area (TPSA) is 68.4 Å². The highest BCUT2D eigenvalue weighted by atomic mass is 16.5. The lowest BCUT2D eigenvalue weighted by Crippen LogP contribution is -2.09. The number of hydrogen-bond acceptors (Lipinski definition) is 5. The fourth-order valence-corrected chi connectivity index (χ4v) is 1.82. The number of hydrogen-bond donors (Lipinski definition) is 1. The van der Waals surface area contributed by atoms with Crippen LogP contribution in [0.5, 0.6) is 0 Å². The summed E-state index contributed by atoms with van der Waals surface area (Å²) in [7, 11) is 0. The van der Waals surface area contributed by atoms with E-state index < -0.39 is 6.10 Å². The lowest BCUT2D eigenvalue weighted by atomic mass is 10.1. The smallest absolute Gasteiger partial charge is 0.229 e. The summed E-state index contributed by atoms with van der Waals surface area (Å²) in [4.78, 5) is 4.28. The molecule has 5 nitrogen and oxygen atoms in total. The number of aliphatic hydroxyl groups is 1. The zero-order valence-corrected chi connectivity index (χ0v) is 11.1. The van der Waals surface area contributed by atoms with Crippen molar-refractivity contribution in [2.45, 2.75) is 32.5 Å². The Labute approximate surface area is 112 Å². The third-order valence-electron chi connectivity index (χ3n) is 2.62. The molecule has 0 amide bonds. The van der Waals surface area contributed by atoms with Gasteiger partial charge in [-0.2, -0.15) is 4.98 Å². The Kier molecular flexibility index (Phi) is 4.65. The van der Waals surface area contributed by atoms with Crippen LogP contribution in [0, 0.1) is 0 Å². The second-order valence-corrected chi connectivity index (χ2v) is 4.35. The Bertz CT molecular complexity index is 496. The molecule has 1 heterocycles. The van der Waals surface area contributed by atoms with Gasteiger partial charge in [-0.25, -0.2) is 0 Å². The van der Waals surface area contributed by atoms with Gasteiger partial charge < -0.3 is 14.4 Å². The monoisotopic (exact) mass is 262 g/mol. The maximum Gasteiger partial charge on any atom is 0.229 e. The predicted octanol–water partition coefficient (Wildman–Crippen LogP) is 2.12. The lowest BCUT2D eigenvalue weighted by molar-refractivity contribution is 0.0833. The van der Waals surface area contributed by atoms with Crippen LogP contribution in [-0.2, 0) is 11.2 Å². The van der Waals surface area contributed by atoms with E-state index in [9.17, 15) is 5.11 Å². The molecule has 0 aliphatic carbocycles. The minimum atomic E-state index is -0.504. The van der Waals surface area contributed by atoms with Gasteiger partial charge in [0, 0.05) is 6.61 Å². The van der Waals surface area contributed by atoms with Crippen LogP contribution in [0.2, 0.25) is 0 Å². The molecule has 1 N–H and O–H groups in total. The zero-order valence-electron chi connectivity index (χ0n) is 11.1. The molecular weight excluding hydrogens is 244 g/mol. The van der Waals surface area contributed by atoms with E-state index in [0.717, 1.165) is 5.56 Å². The molecule has 0 bridgehead atoms. The Balaban J connectivity index is 2.22. The quantitative estimate of drug-likeness (QED) is 0.863. The van der Waals surface area contributed by atoms with Gasteiger partial charge in [-0.05, 0) is 19.4 Å². The maximum atomic E-state index is 9.32. The third kappa shape index (κ3) is 3.62. The van der Waals surface area contributed by atoms with Crippen LogP contribution >= 0.6 is 0 Å². The van der Waals surface area contributed by atoms with Gasteiger partial charge >= 0.3 is 0 Å². The predicted molar refractivity (Wildman–Crippen MR) is 69.6 cm³/mol. The molecule has 102 valence electrons. The first-order chi connectivity index (χ1) is 9.20. The normalized spacial score (nSPS) is 14.3. The number of aliphatic hydroxyl groups excluding tert-OH is 1. The number of benzene rings is 1. The van der Waals surface area contributed by atoms with Gasteiger partial charge in [0.05, 0.1) is 12.5 Å². The van der Waals surface area contributed by atoms with Crippen molar-refractivity contribution >= 4 is 0 Å². The molecule has 0 fully saturated rings. The van der Waals surface area contributed by atoms with Crippen LogP contribution in [-0.4, -0.2) is 28.0 Å². The highest BCUT2D eigenvalue weighted by Gasteiger charge is 2.20. The summed E-state index contributed by atoms with van der Waals surface area (Å²) in [5.41, 5.74) is 0.980. The molecule has 2 atom stereocenters. The lowest BCUT2D eigenvalue weighted by Gasteiger charge is -2.13. The number of aromatic nitrogens is 2. The van der Waals surface area contributed by atoms with Crippen molar-refractivity contribution in [2.75, 3.05) is 6.61 Å². The first-order valence-electron chi connectivity index (χ1n) is 6.37. The third-order valence-corrected chi connectivity index (χ3v) is 2.62. The molecule has 19 heavy (non-hydrogen) atoms. The van der Waals surface area contributed by atoms with Crippen LogP contribution < -0.4 is 0 Å². The summed E-state index contributed by atoms with van der Waals surface area (Å²) in [6, 6.07) is 9.76. The van der Waals surface area contributed by atoms with Crippen molar-refractivity contribution < 1.29 is 14.4 Å². The summed E-state index contributed by atoms with van der Waals surface area (Å²) in [6.45, 7) is 4.16. The van der Waals surface area contributed by atoms with Crippen molar-refractivity contribution in [3.63, 3.8) is 0 Å². The van der Waals surface area contributed by atoms with Crippen molar-refractivity contribution in [1.82, 2.24) is 10.1 Å². The summed E-state index contributed by atoms with van der Waals surface area (Å²) < 4.78 is 10.8. The van der Waals surface area contributed by atoms with E-state index in [4.69, 9.17) is 9.26 Å². The molecular formula is C14H18N2O3. The summed E-state index contributed by atoms with van der Waals surface area (Å²) >= 11 is 0. The van der Waals surface area contributed by atoms with E-state index in [-0.39, 0.29) is 6.10 Å². The van der Waals surface area contributed by atoms with E-state index in [2.05, 4.69) is 10.1 Å². The number of ether oxygens (including phenoxy) is 1. The zero-order chi connectivity index (χ0) is 13.7. The molecule has 2 unspecified atom stereocenters. The number of nitrogens with zero attached hydrogens (tertiary/aromatic N) is 2. The molecule has 0 aliphatic rings. The molecule has 0 aliphatic heterocycles. The summed E-state index contributed by atoms with van der Waals surface area (Å²) in [5.74, 6) is 0.911. The van der Waals surface area contributed by atoms with Crippen LogP contribution in [0.25, 0.3) is 0 Å². The maximum absolute atomic E-state index is 9.32. The highest BCUT2D eigenvalue weighted by Crippen LogP contribution is 2.23. The van der Waals surface area contributed by atoms with E-state index >= 15 is 0 Å². The van der Waals surface area contributed by atoms with Gasteiger partial charge in [0.1, 0.15) is 6.10 Å². The Morgan fingerprint density at radius 2 is 2.05 bits per heavy atom. The van der Waals surface area contributed by atoms with E-state index in [1.54, 1.807) is 6.92 Å². The van der Waals surface area contributed by atoms with Crippen LogP contribution in [0.4, 0.5) is 0 Å². The van der Waals surface area contributed by atoms with Gasteiger partial charge in [0.25, 0.3) is 0 Å². The standard InChI is InChI=1S/C14H18N2O3/c1-3-18-13(11-7-5-4-6-8-11)14-15-12(19-16-14)9-10(2)17/h4-8,10,13,17H,3,9H2,1-2H3. The molecule has 0 saturated heterocycles. The fraction of sp³-hybridized carbons (Fsp3) is 0.429. The summed E-state index contributed by atoms with van der Waals surface area (Å²) in [6.07, 6.45) is -0.492. The van der Waals surface area contributed by atoms with E-state index in [1.165, 1.54) is 0 Å². The van der Waals surface area contributed by atoms with Crippen LogP contribution in [0.1, 0.15) is 37.2 Å². The molecule has 0 saturated carbocycles. The Hall–Kier alpha value is -1.72. The average Bonchev–Trinajstić information content (AvgIpc) is 2.84. The molecule has 5 heteroatoms. The second kappa shape index (κ2) is 6.45. The minimum absolute atomic E-state index is 0.335. The SMILES string of the molecule is CCOC(c1ccccc1)c1noc(CC(C)O)n1. The Morgan fingerprint density at radius 3 is 2.68 bits per heavy atom. The van der Waals surface area contributed by atoms with Gasteiger partial charge in [-0.3, -0.25) is 0 Å². The minimum Gasteiger partial charge on any atom is -0.393 e. The van der Waals surface area contributed by atoms with Gasteiger partial charge in [0.2, 0.25) is 11.7 Å². The molecule has 0 radical (unpaired) electrons. The second-order valence-electron chi connectivity index (χ2n) is 4.35. The van der Waals surface area contributed by atoms with Gasteiger partial charge in [-0.15, -0.1) is 0 Å². The van der Waals surface area contributed by atoms with E-state index in [1.807, 2.05) is 37.3 Å². The molecule has 2 rings (SSSR count).